The molecule has 0 spiro atoms. The predicted molar refractivity (Wildman–Crippen MR) is 109 cm³/mol. The van der Waals surface area contributed by atoms with Gasteiger partial charge >= 0.3 is 0 Å². The van der Waals surface area contributed by atoms with Gasteiger partial charge in [0, 0.05) is 30.2 Å². The third kappa shape index (κ3) is 4.48. The van der Waals surface area contributed by atoms with Gasteiger partial charge in [-0.2, -0.15) is 5.10 Å². The molecule has 2 heterocycles. The van der Waals surface area contributed by atoms with Crippen molar-refractivity contribution in [1.29, 1.82) is 0 Å². The molecule has 4 rings (SSSR count). The molecule has 1 aromatic carbocycles. The lowest BCUT2D eigenvalue weighted by molar-refractivity contribution is -0.117. The van der Waals surface area contributed by atoms with E-state index in [2.05, 4.69) is 30.8 Å². The Kier molecular flexibility index (Phi) is 5.07. The number of carbonyl (C=O) groups excluding carboxylic acids is 2. The molecule has 0 radical (unpaired) electrons. The van der Waals surface area contributed by atoms with Gasteiger partial charge in [0.15, 0.2) is 11.6 Å². The number of rotatable bonds is 6. The van der Waals surface area contributed by atoms with Crippen LogP contribution in [0.3, 0.4) is 0 Å². The molecule has 1 atom stereocenters. The van der Waals surface area contributed by atoms with Gasteiger partial charge in [-0.1, -0.05) is 18.2 Å². The van der Waals surface area contributed by atoms with Gasteiger partial charge < -0.3 is 10.6 Å². The molecule has 0 unspecified atom stereocenters. The van der Waals surface area contributed by atoms with E-state index >= 15 is 0 Å². The van der Waals surface area contributed by atoms with Crippen LogP contribution in [0.4, 0.5) is 11.6 Å². The minimum absolute atomic E-state index is 0.130. The van der Waals surface area contributed by atoms with Gasteiger partial charge in [-0.25, -0.2) is 4.98 Å². The molecule has 2 aromatic heterocycles. The Morgan fingerprint density at radius 2 is 1.97 bits per heavy atom. The van der Waals surface area contributed by atoms with Crippen LogP contribution in [-0.2, 0) is 9.59 Å². The minimum atomic E-state index is -0.373. The molecule has 8 heteroatoms. The van der Waals surface area contributed by atoms with Gasteiger partial charge in [0.25, 0.3) is 0 Å². The zero-order chi connectivity index (χ0) is 20.4. The van der Waals surface area contributed by atoms with Crippen molar-refractivity contribution in [2.75, 3.05) is 10.6 Å². The van der Waals surface area contributed by atoms with Crippen molar-refractivity contribution in [2.45, 2.75) is 38.5 Å². The topological polar surface area (TPSA) is 113 Å². The highest BCUT2D eigenvalue weighted by Gasteiger charge is 2.26. The molecule has 29 heavy (non-hydrogen) atoms. The molecule has 3 aromatic rings. The average Bonchev–Trinajstić information content (AvgIpc) is 3.46. The summed E-state index contributed by atoms with van der Waals surface area (Å²) < 4.78 is 0. The quantitative estimate of drug-likeness (QED) is 0.597. The zero-order valence-corrected chi connectivity index (χ0v) is 16.3. The molecule has 0 saturated heterocycles. The van der Waals surface area contributed by atoms with E-state index in [0.717, 1.165) is 16.8 Å². The number of hydrogen-bond acceptors (Lipinski definition) is 5. The number of aromatic nitrogens is 4. The first-order chi connectivity index (χ1) is 14.0. The summed E-state index contributed by atoms with van der Waals surface area (Å²) in [6.07, 6.45) is 5.46. The van der Waals surface area contributed by atoms with Crippen LogP contribution in [0.2, 0.25) is 0 Å². The first-order valence-corrected chi connectivity index (χ1v) is 9.56. The van der Waals surface area contributed by atoms with E-state index in [4.69, 9.17) is 0 Å². The summed E-state index contributed by atoms with van der Waals surface area (Å²) in [4.78, 5) is 32.5. The standard InChI is InChI=1S/C21H22N6O2/c1-12(21(29)25-19-9-17(26-27-19)14-6-7-14)15-4-3-5-16(8-15)18-10-22-11-20(24-18)23-13(2)28/h3-5,8-12,14H,6-7H2,1-2H3,(H,23,24,28)(H2,25,26,27,29)/t12-/m0/s1. The van der Waals surface area contributed by atoms with Gasteiger partial charge in [-0.05, 0) is 31.4 Å². The van der Waals surface area contributed by atoms with Crippen LogP contribution in [0.25, 0.3) is 11.3 Å². The molecule has 148 valence electrons. The Morgan fingerprint density at radius 3 is 2.72 bits per heavy atom. The maximum Gasteiger partial charge on any atom is 0.232 e. The largest absolute Gasteiger partial charge is 0.310 e. The predicted octanol–water partition coefficient (Wildman–Crippen LogP) is 3.44. The molecular formula is C21H22N6O2. The van der Waals surface area contributed by atoms with E-state index in [-0.39, 0.29) is 17.7 Å². The SMILES string of the molecule is CC(=O)Nc1cncc(-c2cccc([C@H](C)C(=O)Nc3cc(C4CC4)[nH]n3)c2)n1. The summed E-state index contributed by atoms with van der Waals surface area (Å²) in [6, 6.07) is 9.49. The van der Waals surface area contributed by atoms with Crippen molar-refractivity contribution in [3.63, 3.8) is 0 Å². The van der Waals surface area contributed by atoms with Gasteiger partial charge in [0.2, 0.25) is 11.8 Å². The van der Waals surface area contributed by atoms with Crippen molar-refractivity contribution < 1.29 is 9.59 Å². The second-order valence-electron chi connectivity index (χ2n) is 7.29. The van der Waals surface area contributed by atoms with E-state index < -0.39 is 0 Å². The highest BCUT2D eigenvalue weighted by molar-refractivity contribution is 5.95. The van der Waals surface area contributed by atoms with Crippen molar-refractivity contribution in [2.24, 2.45) is 0 Å². The smallest absolute Gasteiger partial charge is 0.232 e. The molecule has 1 fully saturated rings. The Balaban J connectivity index is 1.49. The fourth-order valence-corrected chi connectivity index (χ4v) is 3.10. The van der Waals surface area contributed by atoms with E-state index in [1.807, 2.05) is 37.3 Å². The lowest BCUT2D eigenvalue weighted by Gasteiger charge is -2.13. The highest BCUT2D eigenvalue weighted by Crippen LogP contribution is 2.39. The number of nitrogens with one attached hydrogen (secondary N) is 3. The Bertz CT molecular complexity index is 1060. The second-order valence-corrected chi connectivity index (χ2v) is 7.29. The van der Waals surface area contributed by atoms with Crippen LogP contribution in [0.15, 0.2) is 42.7 Å². The maximum atomic E-state index is 12.7. The number of H-pyrrole nitrogens is 1. The normalized spacial score (nSPS) is 14.3. The summed E-state index contributed by atoms with van der Waals surface area (Å²) in [6.45, 7) is 3.27. The molecular weight excluding hydrogens is 368 g/mol. The van der Waals surface area contributed by atoms with Gasteiger partial charge in [0.1, 0.15) is 0 Å². The summed E-state index contributed by atoms with van der Waals surface area (Å²) in [7, 11) is 0. The van der Waals surface area contributed by atoms with Crippen LogP contribution in [0, 0.1) is 0 Å². The number of nitrogens with zero attached hydrogens (tertiary/aromatic N) is 3. The summed E-state index contributed by atoms with van der Waals surface area (Å²) in [5.41, 5.74) is 3.36. The van der Waals surface area contributed by atoms with Crippen LogP contribution < -0.4 is 10.6 Å². The fourth-order valence-electron chi connectivity index (χ4n) is 3.10. The van der Waals surface area contributed by atoms with Crippen molar-refractivity contribution in [3.8, 4) is 11.3 Å². The lowest BCUT2D eigenvalue weighted by atomic mass is 9.97. The lowest BCUT2D eigenvalue weighted by Crippen LogP contribution is -2.19. The monoisotopic (exact) mass is 390 g/mol. The van der Waals surface area contributed by atoms with Crippen LogP contribution in [0.5, 0.6) is 0 Å². The molecule has 1 aliphatic carbocycles. The number of aromatic amines is 1. The van der Waals surface area contributed by atoms with Crippen molar-refractivity contribution >= 4 is 23.5 Å². The second kappa shape index (κ2) is 7.83. The molecule has 8 nitrogen and oxygen atoms in total. The molecule has 1 saturated carbocycles. The Labute approximate surface area is 168 Å². The van der Waals surface area contributed by atoms with E-state index in [0.29, 0.717) is 23.2 Å². The first-order valence-electron chi connectivity index (χ1n) is 9.56. The van der Waals surface area contributed by atoms with Crippen LogP contribution in [0.1, 0.15) is 49.8 Å². The van der Waals surface area contributed by atoms with Crippen molar-refractivity contribution in [1.82, 2.24) is 20.2 Å². The minimum Gasteiger partial charge on any atom is -0.310 e. The van der Waals surface area contributed by atoms with Crippen LogP contribution >= 0.6 is 0 Å². The third-order valence-electron chi connectivity index (χ3n) is 4.88. The third-order valence-corrected chi connectivity index (χ3v) is 4.88. The summed E-state index contributed by atoms with van der Waals surface area (Å²) >= 11 is 0. The number of hydrogen-bond donors (Lipinski definition) is 3. The van der Waals surface area contributed by atoms with Gasteiger partial charge in [0.05, 0.1) is 24.0 Å². The first kappa shape index (κ1) is 18.8. The molecule has 2 amide bonds. The maximum absolute atomic E-state index is 12.7. The molecule has 1 aliphatic rings. The molecule has 0 bridgehead atoms. The van der Waals surface area contributed by atoms with E-state index in [1.54, 1.807) is 6.20 Å². The van der Waals surface area contributed by atoms with Gasteiger partial charge in [-0.15, -0.1) is 0 Å². The fraction of sp³-hybridized carbons (Fsp3) is 0.286. The van der Waals surface area contributed by atoms with Crippen LogP contribution in [-0.4, -0.2) is 32.0 Å². The van der Waals surface area contributed by atoms with Gasteiger partial charge in [-0.3, -0.25) is 19.7 Å². The molecule has 0 aliphatic heterocycles. The van der Waals surface area contributed by atoms with E-state index in [9.17, 15) is 9.59 Å². The number of amides is 2. The summed E-state index contributed by atoms with van der Waals surface area (Å²) in [5, 5.41) is 12.7. The zero-order valence-electron chi connectivity index (χ0n) is 16.3. The Hall–Kier alpha value is -3.55. The van der Waals surface area contributed by atoms with Crippen molar-refractivity contribution in [3.05, 3.63) is 54.0 Å². The summed E-state index contributed by atoms with van der Waals surface area (Å²) in [5.74, 6) is 0.775. The van der Waals surface area contributed by atoms with E-state index in [1.165, 1.54) is 26.0 Å². The number of anilines is 2. The average molecular weight is 390 g/mol. The molecule has 3 N–H and O–H groups in total. The number of benzene rings is 1. The number of carbonyl (C=O) groups is 2. The Morgan fingerprint density at radius 1 is 1.14 bits per heavy atom. The highest BCUT2D eigenvalue weighted by atomic mass is 16.2.